The molecule has 0 fully saturated rings. The summed E-state index contributed by atoms with van der Waals surface area (Å²) in [5.41, 5.74) is 2.41. The van der Waals surface area contributed by atoms with E-state index in [2.05, 4.69) is 4.90 Å². The summed E-state index contributed by atoms with van der Waals surface area (Å²) in [4.78, 5) is 27.7. The van der Waals surface area contributed by atoms with Crippen molar-refractivity contribution >= 4 is 16.7 Å². The maximum Gasteiger partial charge on any atom is 0.306 e. The average molecular weight is 560 g/mol. The number of rotatable bonds is 9. The highest BCUT2D eigenvalue weighted by atomic mass is 16.5. The number of hydrogen-bond acceptors (Lipinski definition) is 9. The van der Waals surface area contributed by atoms with Gasteiger partial charge in [-0.1, -0.05) is 30.3 Å². The lowest BCUT2D eigenvalue weighted by Gasteiger charge is -2.29. The minimum atomic E-state index is -0.773. The Morgan fingerprint density at radius 1 is 0.927 bits per heavy atom. The number of methoxy groups -OCH3 is 4. The summed E-state index contributed by atoms with van der Waals surface area (Å²) in [7, 11) is 6.12. The molecule has 1 atom stereocenters. The number of esters is 1. The first-order valence-corrected chi connectivity index (χ1v) is 13.3. The highest BCUT2D eigenvalue weighted by molar-refractivity contribution is 5.92. The summed E-state index contributed by atoms with van der Waals surface area (Å²) in [6.45, 7) is 1.69. The molecule has 1 aliphatic heterocycles. The summed E-state index contributed by atoms with van der Waals surface area (Å²) >= 11 is 0. The fourth-order valence-electron chi connectivity index (χ4n) is 5.54. The Morgan fingerprint density at radius 3 is 2.29 bits per heavy atom. The zero-order chi connectivity index (χ0) is 29.1. The lowest BCUT2D eigenvalue weighted by Crippen LogP contribution is -2.30. The zero-order valence-electron chi connectivity index (χ0n) is 23.6. The third-order valence-electron chi connectivity index (χ3n) is 7.60. The number of benzene rings is 3. The first-order chi connectivity index (χ1) is 19.9. The van der Waals surface area contributed by atoms with Crippen LogP contribution in [0.15, 0.2) is 63.8 Å². The van der Waals surface area contributed by atoms with Gasteiger partial charge in [0.2, 0.25) is 11.2 Å². The monoisotopic (exact) mass is 559 g/mol. The van der Waals surface area contributed by atoms with Crippen LogP contribution in [-0.4, -0.2) is 51.0 Å². The van der Waals surface area contributed by atoms with Crippen molar-refractivity contribution < 1.29 is 33.3 Å². The van der Waals surface area contributed by atoms with Gasteiger partial charge in [0.1, 0.15) is 11.5 Å². The fourth-order valence-corrected chi connectivity index (χ4v) is 5.54. The lowest BCUT2D eigenvalue weighted by atomic mass is 9.88. The van der Waals surface area contributed by atoms with Crippen LogP contribution in [0.4, 0.5) is 0 Å². The van der Waals surface area contributed by atoms with E-state index in [1.807, 2.05) is 42.5 Å². The molecule has 41 heavy (non-hydrogen) atoms. The van der Waals surface area contributed by atoms with E-state index in [9.17, 15) is 14.7 Å². The first kappa shape index (κ1) is 28.0. The molecule has 1 aliphatic rings. The Kier molecular flexibility index (Phi) is 8.16. The predicted octanol–water partition coefficient (Wildman–Crippen LogP) is 4.78. The number of fused-ring (bicyclic) bond motifs is 2. The van der Waals surface area contributed by atoms with Crippen LogP contribution in [0.2, 0.25) is 0 Å². The molecule has 0 saturated heterocycles. The van der Waals surface area contributed by atoms with Gasteiger partial charge in [0.05, 0.1) is 47.3 Å². The number of aromatic hydroxyl groups is 1. The van der Waals surface area contributed by atoms with Crippen LogP contribution in [0.1, 0.15) is 40.5 Å². The molecule has 1 aromatic heterocycles. The number of hydrogen-bond donors (Lipinski definition) is 1. The van der Waals surface area contributed by atoms with Crippen LogP contribution in [0.5, 0.6) is 23.0 Å². The van der Waals surface area contributed by atoms with Crippen molar-refractivity contribution in [3.8, 4) is 23.0 Å². The maximum atomic E-state index is 13.0. The Morgan fingerprint density at radius 2 is 1.61 bits per heavy atom. The van der Waals surface area contributed by atoms with Crippen molar-refractivity contribution in [2.45, 2.75) is 31.8 Å². The van der Waals surface area contributed by atoms with Gasteiger partial charge in [-0.2, -0.15) is 0 Å². The fraction of sp³-hybridized carbons (Fsp3) is 0.312. The van der Waals surface area contributed by atoms with Gasteiger partial charge >= 0.3 is 5.97 Å². The number of carbonyl (C=O) groups excluding carboxylic acids is 1. The van der Waals surface area contributed by atoms with Crippen molar-refractivity contribution in [2.24, 2.45) is 0 Å². The van der Waals surface area contributed by atoms with Crippen LogP contribution >= 0.6 is 0 Å². The van der Waals surface area contributed by atoms with Crippen molar-refractivity contribution in [2.75, 3.05) is 35.0 Å². The second-order valence-electron chi connectivity index (χ2n) is 9.96. The number of carbonyl (C=O) groups is 1. The summed E-state index contributed by atoms with van der Waals surface area (Å²) in [5.74, 6) is 0.629. The molecule has 214 valence electrons. The van der Waals surface area contributed by atoms with Crippen molar-refractivity contribution in [1.82, 2.24) is 4.90 Å². The van der Waals surface area contributed by atoms with Crippen LogP contribution in [0, 0.1) is 0 Å². The quantitative estimate of drug-likeness (QED) is 0.290. The minimum absolute atomic E-state index is 0.0250. The van der Waals surface area contributed by atoms with E-state index < -0.39 is 23.1 Å². The molecule has 9 nitrogen and oxygen atoms in total. The topological polar surface area (TPSA) is 108 Å². The molecule has 0 unspecified atom stereocenters. The lowest BCUT2D eigenvalue weighted by molar-refractivity contribution is -0.140. The molecule has 5 rings (SSSR count). The van der Waals surface area contributed by atoms with Crippen LogP contribution in [0.3, 0.4) is 0 Å². The molecule has 0 radical (unpaired) electrons. The molecule has 0 aliphatic carbocycles. The van der Waals surface area contributed by atoms with E-state index in [1.54, 1.807) is 27.4 Å². The zero-order valence-corrected chi connectivity index (χ0v) is 23.6. The SMILES string of the molecule is COC(=O)C[C@H](c1oc(CN2CCc3cc(OC)c(OC)cc3C2)cc(=O)c1O)c1ccc(OC)c2ccccc12. The predicted molar refractivity (Wildman–Crippen MR) is 153 cm³/mol. The van der Waals surface area contributed by atoms with Crippen LogP contribution in [-0.2, 0) is 29.0 Å². The van der Waals surface area contributed by atoms with Crippen molar-refractivity contribution in [3.63, 3.8) is 0 Å². The van der Waals surface area contributed by atoms with Gasteiger partial charge in [-0.15, -0.1) is 0 Å². The molecule has 0 bridgehead atoms. The second-order valence-corrected chi connectivity index (χ2v) is 9.96. The molecule has 4 aromatic rings. The Labute approximate surface area is 237 Å². The van der Waals surface area contributed by atoms with Gasteiger partial charge in [0.25, 0.3) is 0 Å². The molecular formula is C32H33NO8. The molecule has 0 amide bonds. The summed E-state index contributed by atoms with van der Waals surface area (Å²) in [6.07, 6.45) is 0.652. The molecule has 1 N–H and O–H groups in total. The molecule has 0 saturated carbocycles. The van der Waals surface area contributed by atoms with E-state index in [1.165, 1.54) is 18.7 Å². The highest BCUT2D eigenvalue weighted by Gasteiger charge is 2.29. The normalized spacial score (nSPS) is 13.9. The molecule has 2 heterocycles. The molecule has 9 heteroatoms. The number of nitrogens with zero attached hydrogens (tertiary/aromatic N) is 1. The van der Waals surface area contributed by atoms with Gasteiger partial charge < -0.3 is 28.5 Å². The van der Waals surface area contributed by atoms with Crippen LogP contribution in [0.25, 0.3) is 10.8 Å². The van der Waals surface area contributed by atoms with Gasteiger partial charge in [-0.3, -0.25) is 14.5 Å². The van der Waals surface area contributed by atoms with Crippen molar-refractivity contribution in [3.05, 3.63) is 93.0 Å². The van der Waals surface area contributed by atoms with Crippen LogP contribution < -0.4 is 19.6 Å². The molecule has 3 aromatic carbocycles. The smallest absolute Gasteiger partial charge is 0.306 e. The summed E-state index contributed by atoms with van der Waals surface area (Å²) in [5, 5.41) is 12.6. The molecule has 0 spiro atoms. The van der Waals surface area contributed by atoms with Gasteiger partial charge in [-0.05, 0) is 46.7 Å². The third kappa shape index (κ3) is 5.58. The van der Waals surface area contributed by atoms with Gasteiger partial charge in [0, 0.05) is 24.5 Å². The largest absolute Gasteiger partial charge is 0.502 e. The van der Waals surface area contributed by atoms with Gasteiger partial charge in [-0.25, -0.2) is 0 Å². The van der Waals surface area contributed by atoms with E-state index in [4.69, 9.17) is 23.4 Å². The Hall–Kier alpha value is -4.50. The number of ether oxygens (including phenoxy) is 4. The standard InChI is InChI=1S/C32H33NO8/c1-37-27-10-9-23(22-7-5-6-8-24(22)27)25(16-30(35)40-4)32-31(36)26(34)15-21(41-32)18-33-12-11-19-13-28(38-2)29(39-3)14-20(19)17-33/h5-10,13-15,25,36H,11-12,16-18H2,1-4H3/t25-/m0/s1. The summed E-state index contributed by atoms with van der Waals surface area (Å²) < 4.78 is 27.7. The Balaban J connectivity index is 1.53. The summed E-state index contributed by atoms with van der Waals surface area (Å²) in [6, 6.07) is 16.5. The van der Waals surface area contributed by atoms with E-state index in [0.717, 1.165) is 29.3 Å². The Bertz CT molecular complexity index is 1640. The van der Waals surface area contributed by atoms with Gasteiger partial charge in [0.15, 0.2) is 17.3 Å². The van der Waals surface area contributed by atoms with E-state index >= 15 is 0 Å². The second kappa shape index (κ2) is 11.9. The van der Waals surface area contributed by atoms with Crippen molar-refractivity contribution in [1.29, 1.82) is 0 Å². The average Bonchev–Trinajstić information content (AvgIpc) is 3.00. The van der Waals surface area contributed by atoms with E-state index in [0.29, 0.717) is 41.7 Å². The highest BCUT2D eigenvalue weighted by Crippen LogP contribution is 2.40. The first-order valence-electron chi connectivity index (χ1n) is 13.3. The minimum Gasteiger partial charge on any atom is -0.502 e. The third-order valence-corrected chi connectivity index (χ3v) is 7.60. The molecular weight excluding hydrogens is 526 g/mol. The van der Waals surface area contributed by atoms with E-state index in [-0.39, 0.29) is 12.2 Å². The maximum absolute atomic E-state index is 13.0.